The molecule has 2 N–H and O–H groups in total. The molecule has 0 aromatic rings. The van der Waals surface area contributed by atoms with Gasteiger partial charge in [-0.1, -0.05) is 32.9 Å². The molecule has 0 spiro atoms. The Morgan fingerprint density at radius 2 is 1.88 bits per heavy atom. The smallest absolute Gasteiger partial charge is 0.219 e. The Balaban J connectivity index is 2.66. The molecule has 0 radical (unpaired) electrons. The summed E-state index contributed by atoms with van der Waals surface area (Å²) in [4.78, 5) is 12.2. The molecule has 0 heterocycles. The first-order chi connectivity index (χ1) is 7.03. The van der Waals surface area contributed by atoms with Crippen LogP contribution in [0.5, 0.6) is 0 Å². The molecule has 16 heavy (non-hydrogen) atoms. The Bertz CT molecular complexity index is 491. The normalized spacial score (nSPS) is 41.8. The zero-order chi connectivity index (χ0) is 12.5. The first-order valence-electron chi connectivity index (χ1n) is 5.27. The second-order valence-electron chi connectivity index (χ2n) is 5.74. The summed E-state index contributed by atoms with van der Waals surface area (Å²) in [6, 6.07) is 0. The minimum atomic E-state index is -3.84. The molecule has 0 amide bonds. The van der Waals surface area contributed by atoms with Crippen LogP contribution < -0.4 is 5.14 Å². The number of primary sulfonamides is 1. The third-order valence-corrected chi connectivity index (χ3v) is 5.87. The van der Waals surface area contributed by atoms with E-state index in [0.717, 1.165) is 5.57 Å². The number of hydrogen-bond acceptors (Lipinski definition) is 3. The van der Waals surface area contributed by atoms with Gasteiger partial charge in [0.15, 0.2) is 5.78 Å². The highest BCUT2D eigenvalue weighted by atomic mass is 32.2. The van der Waals surface area contributed by atoms with E-state index in [1.807, 2.05) is 20.8 Å². The SMILES string of the molecule is C=C1CC2(C)C(=O)C(S(N)(=O)=O)C1C2(C)C. The third kappa shape index (κ3) is 1.08. The van der Waals surface area contributed by atoms with E-state index < -0.39 is 20.7 Å². The molecule has 3 unspecified atom stereocenters. The number of allylic oxidation sites excluding steroid dienone is 1. The largest absolute Gasteiger partial charge is 0.298 e. The predicted molar refractivity (Wildman–Crippen MR) is 61.0 cm³/mol. The maximum absolute atomic E-state index is 12.2. The van der Waals surface area contributed by atoms with Crippen LogP contribution in [0.15, 0.2) is 12.2 Å². The highest BCUT2D eigenvalue weighted by Crippen LogP contribution is 2.66. The summed E-state index contributed by atoms with van der Waals surface area (Å²) < 4.78 is 23.1. The van der Waals surface area contributed by atoms with Gasteiger partial charge in [0, 0.05) is 11.3 Å². The van der Waals surface area contributed by atoms with Crippen molar-refractivity contribution >= 4 is 15.8 Å². The molecule has 2 saturated carbocycles. The Morgan fingerprint density at radius 1 is 1.38 bits per heavy atom. The molecule has 2 aliphatic rings. The molecule has 0 aromatic carbocycles. The fourth-order valence-corrected chi connectivity index (χ4v) is 4.92. The second kappa shape index (κ2) is 2.76. The van der Waals surface area contributed by atoms with Gasteiger partial charge in [-0.15, -0.1) is 0 Å². The van der Waals surface area contributed by atoms with Gasteiger partial charge in [-0.2, -0.15) is 0 Å². The molecular formula is C11H17NO3S. The quantitative estimate of drug-likeness (QED) is 0.693. The monoisotopic (exact) mass is 243 g/mol. The highest BCUT2D eigenvalue weighted by molar-refractivity contribution is 7.90. The fourth-order valence-electron chi connectivity index (χ4n) is 3.45. The van der Waals surface area contributed by atoms with Crippen LogP contribution >= 0.6 is 0 Å². The summed E-state index contributed by atoms with van der Waals surface area (Å²) in [7, 11) is -3.84. The molecule has 5 heteroatoms. The number of ketones is 1. The van der Waals surface area contributed by atoms with Crippen molar-refractivity contribution in [1.29, 1.82) is 0 Å². The number of hydrogen-bond donors (Lipinski definition) is 1. The van der Waals surface area contributed by atoms with E-state index in [0.29, 0.717) is 6.42 Å². The van der Waals surface area contributed by atoms with E-state index in [9.17, 15) is 13.2 Å². The van der Waals surface area contributed by atoms with E-state index >= 15 is 0 Å². The Morgan fingerprint density at radius 3 is 2.19 bits per heavy atom. The van der Waals surface area contributed by atoms with Gasteiger partial charge in [0.05, 0.1) is 0 Å². The van der Waals surface area contributed by atoms with Crippen molar-refractivity contribution in [2.24, 2.45) is 21.9 Å². The van der Waals surface area contributed by atoms with Gasteiger partial charge >= 0.3 is 0 Å². The summed E-state index contributed by atoms with van der Waals surface area (Å²) in [5.74, 6) is -0.572. The first-order valence-corrected chi connectivity index (χ1v) is 6.88. The molecule has 0 aromatic heterocycles. The maximum atomic E-state index is 12.2. The average Bonchev–Trinajstić information content (AvgIpc) is 2.31. The summed E-state index contributed by atoms with van der Waals surface area (Å²) in [6.45, 7) is 9.59. The van der Waals surface area contributed by atoms with Crippen molar-refractivity contribution in [3.63, 3.8) is 0 Å². The van der Waals surface area contributed by atoms with Crippen LogP contribution in [0.25, 0.3) is 0 Å². The van der Waals surface area contributed by atoms with Crippen molar-refractivity contribution < 1.29 is 13.2 Å². The summed E-state index contributed by atoms with van der Waals surface area (Å²) in [5.41, 5.74) is -0.171. The molecule has 4 nitrogen and oxygen atoms in total. The van der Waals surface area contributed by atoms with Gasteiger partial charge in [-0.3, -0.25) is 4.79 Å². The van der Waals surface area contributed by atoms with Gasteiger partial charge in [0.2, 0.25) is 10.0 Å². The lowest BCUT2D eigenvalue weighted by atomic mass is 9.70. The molecule has 2 aliphatic carbocycles. The lowest BCUT2D eigenvalue weighted by Crippen LogP contribution is -2.42. The molecule has 0 aliphatic heterocycles. The summed E-state index contributed by atoms with van der Waals surface area (Å²) in [6.07, 6.45) is 0.579. The number of Topliss-reactive ketones (excluding diaryl/α,β-unsaturated/α-hetero) is 1. The Hall–Kier alpha value is -0.680. The van der Waals surface area contributed by atoms with Gasteiger partial charge in [0.25, 0.3) is 0 Å². The molecule has 90 valence electrons. The summed E-state index contributed by atoms with van der Waals surface area (Å²) >= 11 is 0. The van der Waals surface area contributed by atoms with E-state index in [-0.39, 0.29) is 17.1 Å². The van der Waals surface area contributed by atoms with Crippen LogP contribution in [-0.2, 0) is 14.8 Å². The number of nitrogens with two attached hydrogens (primary N) is 1. The Kier molecular flexibility index (Phi) is 2.04. The van der Waals surface area contributed by atoms with Crippen LogP contribution in [0, 0.1) is 16.7 Å². The number of carbonyl (C=O) groups is 1. The molecule has 0 saturated heterocycles. The van der Waals surface area contributed by atoms with E-state index in [2.05, 4.69) is 6.58 Å². The fraction of sp³-hybridized carbons (Fsp3) is 0.727. The van der Waals surface area contributed by atoms with Crippen molar-refractivity contribution in [2.75, 3.05) is 0 Å². The van der Waals surface area contributed by atoms with E-state index in [1.54, 1.807) is 0 Å². The van der Waals surface area contributed by atoms with Crippen molar-refractivity contribution in [3.05, 3.63) is 12.2 Å². The summed E-state index contributed by atoms with van der Waals surface area (Å²) in [5, 5.41) is 4.08. The van der Waals surface area contributed by atoms with Crippen molar-refractivity contribution in [3.8, 4) is 0 Å². The molecule has 3 atom stereocenters. The van der Waals surface area contributed by atoms with Gasteiger partial charge < -0.3 is 0 Å². The van der Waals surface area contributed by atoms with Crippen LogP contribution in [0.2, 0.25) is 0 Å². The van der Waals surface area contributed by atoms with Gasteiger partial charge in [-0.25, -0.2) is 13.6 Å². The lowest BCUT2D eigenvalue weighted by molar-refractivity contribution is -0.127. The second-order valence-corrected chi connectivity index (χ2v) is 7.43. The van der Waals surface area contributed by atoms with Crippen LogP contribution in [0.3, 0.4) is 0 Å². The number of rotatable bonds is 1. The van der Waals surface area contributed by atoms with Gasteiger partial charge in [0.1, 0.15) is 5.25 Å². The van der Waals surface area contributed by atoms with Crippen LogP contribution in [-0.4, -0.2) is 19.5 Å². The number of sulfonamides is 1. The zero-order valence-corrected chi connectivity index (χ0v) is 10.6. The topological polar surface area (TPSA) is 77.2 Å². The lowest BCUT2D eigenvalue weighted by Gasteiger charge is -2.31. The third-order valence-electron chi connectivity index (χ3n) is 4.68. The predicted octanol–water partition coefficient (Wildman–Crippen LogP) is 0.835. The highest BCUT2D eigenvalue weighted by Gasteiger charge is 2.70. The number of fused-ring (bicyclic) bond motifs is 2. The zero-order valence-electron chi connectivity index (χ0n) is 9.78. The number of carbonyl (C=O) groups excluding carboxylic acids is 1. The minimum absolute atomic E-state index is 0.239. The molecule has 2 rings (SSSR count). The van der Waals surface area contributed by atoms with E-state index in [1.165, 1.54) is 0 Å². The first kappa shape index (κ1) is 11.8. The minimum Gasteiger partial charge on any atom is -0.298 e. The molecule has 2 bridgehead atoms. The van der Waals surface area contributed by atoms with Crippen molar-refractivity contribution in [2.45, 2.75) is 32.4 Å². The van der Waals surface area contributed by atoms with Crippen LogP contribution in [0.1, 0.15) is 27.2 Å². The molecule has 2 fully saturated rings. The van der Waals surface area contributed by atoms with Gasteiger partial charge in [-0.05, 0) is 11.8 Å². The van der Waals surface area contributed by atoms with Crippen molar-refractivity contribution in [1.82, 2.24) is 0 Å². The Labute approximate surface area is 95.9 Å². The van der Waals surface area contributed by atoms with E-state index in [4.69, 9.17) is 5.14 Å². The molecular weight excluding hydrogens is 226 g/mol. The maximum Gasteiger partial charge on any atom is 0.219 e. The standard InChI is InChI=1S/C11H17NO3S/c1-6-5-11(4)9(13)8(16(12,14)15)7(6)10(11,2)3/h7-8H,1,5H2,2-4H3,(H2,12,14,15). The average molecular weight is 243 g/mol. The van der Waals surface area contributed by atoms with Crippen LogP contribution in [0.4, 0.5) is 0 Å².